The van der Waals surface area contributed by atoms with Gasteiger partial charge in [-0.2, -0.15) is 0 Å². The van der Waals surface area contributed by atoms with Gasteiger partial charge in [-0.25, -0.2) is 14.4 Å². The molecule has 1 unspecified atom stereocenters. The predicted octanol–water partition coefficient (Wildman–Crippen LogP) is 3.37. The lowest BCUT2D eigenvalue weighted by Gasteiger charge is -2.13. The van der Waals surface area contributed by atoms with Crippen LogP contribution in [0.4, 0.5) is 4.39 Å². The zero-order valence-electron chi connectivity index (χ0n) is 11.9. The second-order valence-corrected chi connectivity index (χ2v) is 4.92. The Balaban J connectivity index is 2.06. The Morgan fingerprint density at radius 1 is 1.29 bits per heavy atom. The van der Waals surface area contributed by atoms with Crippen molar-refractivity contribution >= 4 is 11.0 Å². The highest BCUT2D eigenvalue weighted by Gasteiger charge is 2.21. The third-order valence-corrected chi connectivity index (χ3v) is 3.27. The first-order chi connectivity index (χ1) is 10.2. The minimum absolute atomic E-state index is 0.266. The van der Waals surface area contributed by atoms with Gasteiger partial charge >= 0.3 is 0 Å². The molecule has 1 N–H and O–H groups in total. The summed E-state index contributed by atoms with van der Waals surface area (Å²) in [5.74, 6) is 0.863. The topological polar surface area (TPSA) is 51.0 Å². The molecule has 108 valence electrons. The fourth-order valence-electron chi connectivity index (χ4n) is 2.26. The van der Waals surface area contributed by atoms with Gasteiger partial charge in [0.25, 0.3) is 0 Å². The molecule has 0 fully saturated rings. The molecule has 21 heavy (non-hydrogen) atoms. The molecule has 2 aromatic heterocycles. The summed E-state index contributed by atoms with van der Waals surface area (Å²) >= 11 is 0. The van der Waals surface area contributed by atoms with Crippen molar-refractivity contribution in [1.29, 1.82) is 0 Å². The van der Waals surface area contributed by atoms with E-state index in [1.807, 2.05) is 26.0 Å². The SMILES string of the molecule is CCNC(c1ncc(C)cn1)c1cc2cccc(F)c2o1. The summed E-state index contributed by atoms with van der Waals surface area (Å²) in [5, 5.41) is 4.01. The van der Waals surface area contributed by atoms with Gasteiger partial charge in [0, 0.05) is 17.8 Å². The van der Waals surface area contributed by atoms with Crippen LogP contribution in [-0.2, 0) is 0 Å². The van der Waals surface area contributed by atoms with Gasteiger partial charge in [-0.3, -0.25) is 0 Å². The Morgan fingerprint density at radius 3 is 2.71 bits per heavy atom. The van der Waals surface area contributed by atoms with E-state index in [0.717, 1.165) is 17.5 Å². The first-order valence-corrected chi connectivity index (χ1v) is 6.89. The number of fused-ring (bicyclic) bond motifs is 1. The van der Waals surface area contributed by atoms with Crippen molar-refractivity contribution in [3.63, 3.8) is 0 Å². The monoisotopic (exact) mass is 285 g/mol. The number of para-hydroxylation sites is 1. The molecule has 0 aliphatic rings. The maximum atomic E-state index is 13.8. The second kappa shape index (κ2) is 5.61. The molecule has 0 spiro atoms. The van der Waals surface area contributed by atoms with Crippen LogP contribution in [0.5, 0.6) is 0 Å². The fourth-order valence-corrected chi connectivity index (χ4v) is 2.26. The number of nitrogens with zero attached hydrogens (tertiary/aromatic N) is 2. The van der Waals surface area contributed by atoms with E-state index in [1.54, 1.807) is 18.5 Å². The average molecular weight is 285 g/mol. The highest BCUT2D eigenvalue weighted by molar-refractivity contribution is 5.78. The van der Waals surface area contributed by atoms with Crippen LogP contribution in [0.1, 0.15) is 30.1 Å². The average Bonchev–Trinajstić information content (AvgIpc) is 2.91. The number of nitrogens with one attached hydrogen (secondary N) is 1. The van der Waals surface area contributed by atoms with E-state index in [4.69, 9.17) is 4.42 Å². The van der Waals surface area contributed by atoms with Crippen LogP contribution in [0.3, 0.4) is 0 Å². The molecule has 3 aromatic rings. The normalized spacial score (nSPS) is 12.7. The van der Waals surface area contributed by atoms with E-state index in [9.17, 15) is 4.39 Å². The van der Waals surface area contributed by atoms with E-state index >= 15 is 0 Å². The molecule has 2 heterocycles. The fraction of sp³-hybridized carbons (Fsp3) is 0.250. The molecule has 0 radical (unpaired) electrons. The van der Waals surface area contributed by atoms with Crippen molar-refractivity contribution in [2.75, 3.05) is 6.54 Å². The van der Waals surface area contributed by atoms with Crippen LogP contribution in [0.25, 0.3) is 11.0 Å². The number of benzene rings is 1. The number of halogens is 1. The molecular weight excluding hydrogens is 269 g/mol. The highest BCUT2D eigenvalue weighted by Crippen LogP contribution is 2.28. The standard InChI is InChI=1S/C16H16FN3O/c1-3-18-14(16-19-8-10(2)9-20-16)13-7-11-5-4-6-12(17)15(11)21-13/h4-9,14,18H,3H2,1-2H3. The third-order valence-electron chi connectivity index (χ3n) is 3.27. The summed E-state index contributed by atoms with van der Waals surface area (Å²) < 4.78 is 19.4. The summed E-state index contributed by atoms with van der Waals surface area (Å²) in [6, 6.07) is 6.42. The van der Waals surface area contributed by atoms with Crippen LogP contribution in [-0.4, -0.2) is 16.5 Å². The van der Waals surface area contributed by atoms with Crippen molar-refractivity contribution in [1.82, 2.24) is 15.3 Å². The molecule has 0 saturated carbocycles. The zero-order valence-corrected chi connectivity index (χ0v) is 11.9. The summed E-state index contributed by atoms with van der Waals surface area (Å²) in [4.78, 5) is 8.68. The van der Waals surface area contributed by atoms with Gasteiger partial charge in [0.2, 0.25) is 0 Å². The third kappa shape index (κ3) is 2.64. The maximum Gasteiger partial charge on any atom is 0.169 e. The van der Waals surface area contributed by atoms with Crippen LogP contribution in [0.2, 0.25) is 0 Å². The smallest absolute Gasteiger partial charge is 0.169 e. The van der Waals surface area contributed by atoms with Gasteiger partial charge in [0.05, 0.1) is 0 Å². The molecule has 1 aromatic carbocycles. The quantitative estimate of drug-likeness (QED) is 0.798. The summed E-state index contributed by atoms with van der Waals surface area (Å²) in [7, 11) is 0. The number of furan rings is 1. The number of hydrogen-bond donors (Lipinski definition) is 1. The number of aromatic nitrogens is 2. The summed E-state index contributed by atoms with van der Waals surface area (Å²) in [6.07, 6.45) is 3.52. The maximum absolute atomic E-state index is 13.8. The Morgan fingerprint density at radius 2 is 2.05 bits per heavy atom. The van der Waals surface area contributed by atoms with Crippen LogP contribution in [0.15, 0.2) is 41.1 Å². The minimum atomic E-state index is -0.362. The second-order valence-electron chi connectivity index (χ2n) is 4.92. The zero-order chi connectivity index (χ0) is 14.8. The van der Waals surface area contributed by atoms with Crippen molar-refractivity contribution < 1.29 is 8.81 Å². The predicted molar refractivity (Wildman–Crippen MR) is 78.5 cm³/mol. The van der Waals surface area contributed by atoms with Gasteiger partial charge in [-0.1, -0.05) is 19.1 Å². The largest absolute Gasteiger partial charge is 0.456 e. The summed E-state index contributed by atoms with van der Waals surface area (Å²) in [6.45, 7) is 4.65. The van der Waals surface area contributed by atoms with E-state index in [1.165, 1.54) is 6.07 Å². The van der Waals surface area contributed by atoms with Crippen LogP contribution < -0.4 is 5.32 Å². The number of hydrogen-bond acceptors (Lipinski definition) is 4. The van der Waals surface area contributed by atoms with Gasteiger partial charge in [-0.05, 0) is 31.2 Å². The van der Waals surface area contributed by atoms with Gasteiger partial charge in [0.15, 0.2) is 17.2 Å². The van der Waals surface area contributed by atoms with Crippen molar-refractivity contribution in [2.45, 2.75) is 19.9 Å². The Bertz CT molecular complexity index is 752. The Hall–Kier alpha value is -2.27. The molecule has 0 bridgehead atoms. The molecular formula is C16H16FN3O. The molecule has 4 nitrogen and oxygen atoms in total. The molecule has 0 aliphatic carbocycles. The Labute approximate surface area is 122 Å². The van der Waals surface area contributed by atoms with Gasteiger partial charge in [-0.15, -0.1) is 0 Å². The first-order valence-electron chi connectivity index (χ1n) is 6.89. The Kier molecular flexibility index (Phi) is 3.66. The van der Waals surface area contributed by atoms with E-state index < -0.39 is 0 Å². The highest BCUT2D eigenvalue weighted by atomic mass is 19.1. The lowest BCUT2D eigenvalue weighted by Crippen LogP contribution is -2.23. The van der Waals surface area contributed by atoms with Crippen LogP contribution in [0, 0.1) is 12.7 Å². The molecule has 0 saturated heterocycles. The summed E-state index contributed by atoms with van der Waals surface area (Å²) in [5.41, 5.74) is 1.26. The van der Waals surface area contributed by atoms with Gasteiger partial charge < -0.3 is 9.73 Å². The van der Waals surface area contributed by atoms with E-state index in [2.05, 4.69) is 15.3 Å². The first kappa shape index (κ1) is 13.7. The molecule has 3 rings (SSSR count). The minimum Gasteiger partial charge on any atom is -0.456 e. The molecule has 0 aliphatic heterocycles. The van der Waals surface area contributed by atoms with Crippen LogP contribution >= 0.6 is 0 Å². The van der Waals surface area contributed by atoms with Crippen molar-refractivity contribution in [3.8, 4) is 0 Å². The van der Waals surface area contributed by atoms with Gasteiger partial charge in [0.1, 0.15) is 11.8 Å². The lowest BCUT2D eigenvalue weighted by molar-refractivity contribution is 0.453. The number of aryl methyl sites for hydroxylation is 1. The van der Waals surface area contributed by atoms with Crippen molar-refractivity contribution in [3.05, 3.63) is 59.6 Å². The van der Waals surface area contributed by atoms with Crippen molar-refractivity contribution in [2.24, 2.45) is 0 Å². The number of rotatable bonds is 4. The van der Waals surface area contributed by atoms with E-state index in [-0.39, 0.29) is 17.4 Å². The molecule has 5 heteroatoms. The molecule has 0 amide bonds. The lowest BCUT2D eigenvalue weighted by atomic mass is 10.1. The molecule has 1 atom stereocenters. The van der Waals surface area contributed by atoms with E-state index in [0.29, 0.717) is 11.6 Å².